The van der Waals surface area contributed by atoms with Crippen molar-refractivity contribution in [2.24, 2.45) is 21.1 Å². The smallest absolute Gasteiger partial charge is 0.354 e. The lowest BCUT2D eigenvalue weighted by atomic mass is 9.98. The quantitative estimate of drug-likeness (QED) is 0.282. The van der Waals surface area contributed by atoms with Crippen LogP contribution in [0.3, 0.4) is 0 Å². The second kappa shape index (κ2) is 11.8. The van der Waals surface area contributed by atoms with E-state index in [2.05, 4.69) is 5.10 Å². The predicted molar refractivity (Wildman–Crippen MR) is 151 cm³/mol. The zero-order valence-corrected chi connectivity index (χ0v) is 24.4. The van der Waals surface area contributed by atoms with Crippen molar-refractivity contribution in [3.8, 4) is 11.1 Å². The average molecular weight is 574 g/mol. The fourth-order valence-electron chi connectivity index (χ4n) is 4.92. The van der Waals surface area contributed by atoms with Crippen molar-refractivity contribution in [3.05, 3.63) is 57.3 Å². The van der Waals surface area contributed by atoms with Crippen LogP contribution in [-0.2, 0) is 59.9 Å². The number of thioether (sulfide) groups is 1. The summed E-state index contributed by atoms with van der Waals surface area (Å²) in [6.45, 7) is 1.92. The molecule has 0 unspecified atom stereocenters. The van der Waals surface area contributed by atoms with Gasteiger partial charge < -0.3 is 19.1 Å². The van der Waals surface area contributed by atoms with E-state index in [1.54, 1.807) is 28.1 Å². The van der Waals surface area contributed by atoms with Gasteiger partial charge in [0.15, 0.2) is 0 Å². The van der Waals surface area contributed by atoms with E-state index in [4.69, 9.17) is 26.2 Å². The Morgan fingerprint density at radius 1 is 1.05 bits per heavy atom. The molecule has 1 aromatic carbocycles. The molecule has 0 radical (unpaired) electrons. The minimum absolute atomic E-state index is 0.0634. The first-order valence-corrected chi connectivity index (χ1v) is 13.8. The molecule has 0 aliphatic heterocycles. The highest BCUT2D eigenvalue weighted by Gasteiger charge is 2.28. The number of esters is 2. The van der Waals surface area contributed by atoms with Crippen LogP contribution in [0, 0.1) is 6.92 Å². The Hall–Kier alpha value is -3.28. The van der Waals surface area contributed by atoms with E-state index < -0.39 is 5.97 Å². The second-order valence-electron chi connectivity index (χ2n) is 9.20. The van der Waals surface area contributed by atoms with Crippen LogP contribution in [0.1, 0.15) is 45.2 Å². The Bertz CT molecular complexity index is 1550. The van der Waals surface area contributed by atoms with Crippen molar-refractivity contribution in [2.45, 2.75) is 37.9 Å². The van der Waals surface area contributed by atoms with Crippen molar-refractivity contribution in [3.63, 3.8) is 0 Å². The van der Waals surface area contributed by atoms with Crippen LogP contribution in [-0.4, -0.2) is 55.4 Å². The number of ether oxygens (including phenoxy) is 2. The maximum atomic E-state index is 12.9. The van der Waals surface area contributed by atoms with Crippen LogP contribution in [0.25, 0.3) is 22.0 Å². The summed E-state index contributed by atoms with van der Waals surface area (Å²) < 4.78 is 15.2. The number of benzene rings is 1. The monoisotopic (exact) mass is 573 g/mol. The normalized spacial score (nSPS) is 11.4. The van der Waals surface area contributed by atoms with Gasteiger partial charge in [0.05, 0.1) is 48.4 Å². The molecule has 0 saturated heterocycles. The van der Waals surface area contributed by atoms with Crippen LogP contribution in [0.2, 0.25) is 5.02 Å². The first-order chi connectivity index (χ1) is 18.6. The number of aryl methyl sites for hydroxylation is 4. The molecule has 0 fully saturated rings. The highest BCUT2D eigenvalue weighted by atomic mass is 35.5. The molecule has 39 heavy (non-hydrogen) atoms. The lowest BCUT2D eigenvalue weighted by Gasteiger charge is -2.11. The molecule has 3 aromatic heterocycles. The molecule has 0 bridgehead atoms. The predicted octanol–water partition coefficient (Wildman–Crippen LogP) is 4.09. The van der Waals surface area contributed by atoms with Crippen molar-refractivity contribution < 1.29 is 24.2 Å². The fourth-order valence-corrected chi connectivity index (χ4v) is 6.02. The number of methoxy groups -OCH3 is 2. The summed E-state index contributed by atoms with van der Waals surface area (Å²) >= 11 is 8.53. The summed E-state index contributed by atoms with van der Waals surface area (Å²) in [5.41, 5.74) is 6.92. The number of carbonyl (C=O) groups excluding carboxylic acids is 2. The van der Waals surface area contributed by atoms with Crippen LogP contribution >= 0.6 is 23.4 Å². The van der Waals surface area contributed by atoms with Gasteiger partial charge in [-0.05, 0) is 31.0 Å². The van der Waals surface area contributed by atoms with Gasteiger partial charge in [-0.2, -0.15) is 10.2 Å². The largest absolute Gasteiger partial charge is 0.469 e. The van der Waals surface area contributed by atoms with Crippen LogP contribution < -0.4 is 0 Å². The number of aliphatic hydroxyl groups excluding tert-OH is 1. The number of halogens is 1. The van der Waals surface area contributed by atoms with Gasteiger partial charge in [0.1, 0.15) is 5.69 Å². The number of rotatable bonds is 10. The standard InChI is InChI=1S/C27H32ClN5O5S/c1-15-23(21(30-32(15)3)14-39-13-16-11-17(12-34)33(4)29-16)24-20(28)9-7-18-19(8-10-22(35)37-5)26(27(36)38-6)31(2)25(18)24/h7,9,11,34H,8,10,12-14H2,1-6H3. The third-order valence-electron chi connectivity index (χ3n) is 6.93. The third kappa shape index (κ3) is 5.43. The summed E-state index contributed by atoms with van der Waals surface area (Å²) in [4.78, 5) is 24.9. The molecule has 0 saturated carbocycles. The van der Waals surface area contributed by atoms with E-state index in [9.17, 15) is 14.7 Å². The maximum Gasteiger partial charge on any atom is 0.354 e. The van der Waals surface area contributed by atoms with Crippen LogP contribution in [0.15, 0.2) is 18.2 Å². The molecule has 0 amide bonds. The third-order valence-corrected chi connectivity index (χ3v) is 8.22. The highest BCUT2D eigenvalue weighted by molar-refractivity contribution is 7.97. The summed E-state index contributed by atoms with van der Waals surface area (Å²) in [5, 5.41) is 20.1. The van der Waals surface area contributed by atoms with Crippen molar-refractivity contribution in [1.29, 1.82) is 0 Å². The van der Waals surface area contributed by atoms with E-state index in [-0.39, 0.29) is 19.0 Å². The molecule has 0 atom stereocenters. The molecule has 0 aliphatic rings. The van der Waals surface area contributed by atoms with Gasteiger partial charge in [0.2, 0.25) is 0 Å². The Labute approximate surface area is 235 Å². The molecule has 10 nitrogen and oxygen atoms in total. The molecule has 3 heterocycles. The molecule has 208 valence electrons. The van der Waals surface area contributed by atoms with Crippen LogP contribution in [0.4, 0.5) is 0 Å². The molecular weight excluding hydrogens is 542 g/mol. The number of aromatic nitrogens is 5. The zero-order valence-electron chi connectivity index (χ0n) is 22.9. The van der Waals surface area contributed by atoms with Gasteiger partial charge in [-0.15, -0.1) is 11.8 Å². The van der Waals surface area contributed by atoms with Gasteiger partial charge in [-0.25, -0.2) is 4.79 Å². The van der Waals surface area contributed by atoms with E-state index >= 15 is 0 Å². The summed E-state index contributed by atoms with van der Waals surface area (Å²) in [5.74, 6) is 0.387. The summed E-state index contributed by atoms with van der Waals surface area (Å²) in [7, 11) is 8.18. The fraction of sp³-hybridized carbons (Fsp3) is 0.407. The minimum atomic E-state index is -0.494. The van der Waals surface area contributed by atoms with E-state index in [0.29, 0.717) is 34.2 Å². The lowest BCUT2D eigenvalue weighted by molar-refractivity contribution is -0.140. The second-order valence-corrected chi connectivity index (χ2v) is 10.6. The van der Waals surface area contributed by atoms with Crippen molar-refractivity contribution in [1.82, 2.24) is 24.1 Å². The molecular formula is C27H32ClN5O5S. The summed E-state index contributed by atoms with van der Waals surface area (Å²) in [6, 6.07) is 5.58. The van der Waals surface area contributed by atoms with Gasteiger partial charge >= 0.3 is 11.9 Å². The van der Waals surface area contributed by atoms with Crippen molar-refractivity contribution >= 4 is 46.2 Å². The number of hydrogen-bond donors (Lipinski definition) is 1. The highest BCUT2D eigenvalue weighted by Crippen LogP contribution is 2.42. The number of fused-ring (bicyclic) bond motifs is 1. The Morgan fingerprint density at radius 2 is 1.79 bits per heavy atom. The zero-order chi connectivity index (χ0) is 28.4. The molecule has 0 spiro atoms. The van der Waals surface area contributed by atoms with Gasteiger partial charge in [-0.3, -0.25) is 14.2 Å². The number of carbonyl (C=O) groups is 2. The van der Waals surface area contributed by atoms with Gasteiger partial charge in [-0.1, -0.05) is 17.7 Å². The molecule has 4 rings (SSSR count). The van der Waals surface area contributed by atoms with E-state index in [1.165, 1.54) is 14.2 Å². The van der Waals surface area contributed by atoms with Crippen LogP contribution in [0.5, 0.6) is 0 Å². The molecule has 12 heteroatoms. The average Bonchev–Trinajstić information content (AvgIpc) is 3.52. The maximum absolute atomic E-state index is 12.9. The first-order valence-electron chi connectivity index (χ1n) is 12.3. The minimum Gasteiger partial charge on any atom is -0.469 e. The topological polar surface area (TPSA) is 113 Å². The Kier molecular flexibility index (Phi) is 8.73. The van der Waals surface area contributed by atoms with Gasteiger partial charge in [0, 0.05) is 61.3 Å². The molecule has 0 aliphatic carbocycles. The number of aliphatic hydroxyl groups is 1. The van der Waals surface area contributed by atoms with E-state index in [0.717, 1.165) is 44.8 Å². The first kappa shape index (κ1) is 28.7. The molecule has 1 N–H and O–H groups in total. The summed E-state index contributed by atoms with van der Waals surface area (Å²) in [6.07, 6.45) is 0.432. The Balaban J connectivity index is 1.81. The van der Waals surface area contributed by atoms with Crippen molar-refractivity contribution in [2.75, 3.05) is 14.2 Å². The SMILES string of the molecule is COC(=O)CCc1c(C(=O)OC)n(C)c2c(-c3c(CSCc4cc(CO)n(C)n4)nn(C)c3C)c(Cl)ccc12. The number of hydrogen-bond acceptors (Lipinski definition) is 8. The lowest BCUT2D eigenvalue weighted by Crippen LogP contribution is -2.11. The van der Waals surface area contributed by atoms with Gasteiger partial charge in [0.25, 0.3) is 0 Å². The Morgan fingerprint density at radius 3 is 2.44 bits per heavy atom. The molecule has 4 aromatic rings. The van der Waals surface area contributed by atoms with E-state index in [1.807, 2.05) is 43.9 Å². The number of nitrogens with zero attached hydrogens (tertiary/aromatic N) is 5.